The SMILES string of the molecule is O=C1CCOC(c2ccc(O)cc2)C1. The highest BCUT2D eigenvalue weighted by molar-refractivity contribution is 5.79. The van der Waals surface area contributed by atoms with Crippen LogP contribution in [0.4, 0.5) is 0 Å². The number of hydrogen-bond acceptors (Lipinski definition) is 3. The number of phenols is 1. The third-order valence-corrected chi connectivity index (χ3v) is 2.38. The molecule has 74 valence electrons. The van der Waals surface area contributed by atoms with Gasteiger partial charge in [0.2, 0.25) is 0 Å². The lowest BCUT2D eigenvalue weighted by molar-refractivity contribution is -0.128. The van der Waals surface area contributed by atoms with E-state index in [9.17, 15) is 4.79 Å². The van der Waals surface area contributed by atoms with Gasteiger partial charge >= 0.3 is 0 Å². The average molecular weight is 192 g/mol. The molecular formula is C11H12O3. The molecule has 3 nitrogen and oxygen atoms in total. The summed E-state index contributed by atoms with van der Waals surface area (Å²) in [4.78, 5) is 11.2. The van der Waals surface area contributed by atoms with Gasteiger partial charge in [-0.15, -0.1) is 0 Å². The number of rotatable bonds is 1. The Bertz CT molecular complexity index is 329. The van der Waals surface area contributed by atoms with E-state index in [2.05, 4.69) is 0 Å². The first kappa shape index (κ1) is 9.21. The fraction of sp³-hybridized carbons (Fsp3) is 0.364. The van der Waals surface area contributed by atoms with Crippen molar-refractivity contribution in [3.63, 3.8) is 0 Å². The number of ketones is 1. The number of hydrogen-bond donors (Lipinski definition) is 1. The zero-order chi connectivity index (χ0) is 9.97. The molecule has 1 heterocycles. The average Bonchev–Trinajstić information content (AvgIpc) is 2.19. The van der Waals surface area contributed by atoms with Crippen LogP contribution in [0.15, 0.2) is 24.3 Å². The summed E-state index contributed by atoms with van der Waals surface area (Å²) in [5.74, 6) is 0.477. The number of benzene rings is 1. The zero-order valence-electron chi connectivity index (χ0n) is 7.77. The van der Waals surface area contributed by atoms with Crippen molar-refractivity contribution in [2.24, 2.45) is 0 Å². The van der Waals surface area contributed by atoms with E-state index in [1.165, 1.54) is 0 Å². The predicted molar refractivity (Wildman–Crippen MR) is 51.0 cm³/mol. The van der Waals surface area contributed by atoms with Gasteiger partial charge in [0.15, 0.2) is 0 Å². The molecule has 1 aromatic rings. The van der Waals surface area contributed by atoms with E-state index in [1.54, 1.807) is 24.3 Å². The normalized spacial score (nSPS) is 22.3. The molecule has 0 amide bonds. The summed E-state index contributed by atoms with van der Waals surface area (Å²) < 4.78 is 5.47. The van der Waals surface area contributed by atoms with E-state index in [0.29, 0.717) is 19.4 Å². The van der Waals surface area contributed by atoms with Crippen molar-refractivity contribution in [2.75, 3.05) is 6.61 Å². The summed E-state index contributed by atoms with van der Waals surface area (Å²) in [7, 11) is 0. The lowest BCUT2D eigenvalue weighted by Crippen LogP contribution is -2.19. The topological polar surface area (TPSA) is 46.5 Å². The number of carbonyl (C=O) groups excluding carboxylic acids is 1. The number of aromatic hydroxyl groups is 1. The van der Waals surface area contributed by atoms with E-state index >= 15 is 0 Å². The molecular weight excluding hydrogens is 180 g/mol. The van der Waals surface area contributed by atoms with Crippen LogP contribution in [-0.2, 0) is 9.53 Å². The fourth-order valence-electron chi connectivity index (χ4n) is 1.59. The molecule has 0 bridgehead atoms. The first-order valence-electron chi connectivity index (χ1n) is 4.68. The highest BCUT2D eigenvalue weighted by Crippen LogP contribution is 2.26. The lowest BCUT2D eigenvalue weighted by Gasteiger charge is -2.21. The summed E-state index contributed by atoms with van der Waals surface area (Å²) in [5.41, 5.74) is 0.954. The van der Waals surface area contributed by atoms with Crippen molar-refractivity contribution < 1.29 is 14.6 Å². The van der Waals surface area contributed by atoms with Crippen LogP contribution in [0.1, 0.15) is 24.5 Å². The van der Waals surface area contributed by atoms with Gasteiger partial charge in [0.1, 0.15) is 11.5 Å². The molecule has 1 saturated heterocycles. The molecule has 0 aromatic heterocycles. The van der Waals surface area contributed by atoms with E-state index in [1.807, 2.05) is 0 Å². The Hall–Kier alpha value is -1.35. The maximum absolute atomic E-state index is 11.2. The van der Waals surface area contributed by atoms with Gasteiger partial charge in [-0.2, -0.15) is 0 Å². The molecule has 3 heteroatoms. The second kappa shape index (κ2) is 3.80. The highest BCUT2D eigenvalue weighted by atomic mass is 16.5. The molecule has 1 unspecified atom stereocenters. The molecule has 1 aliphatic rings. The third-order valence-electron chi connectivity index (χ3n) is 2.38. The van der Waals surface area contributed by atoms with Gasteiger partial charge in [-0.3, -0.25) is 4.79 Å². The van der Waals surface area contributed by atoms with Crippen LogP contribution in [0, 0.1) is 0 Å². The lowest BCUT2D eigenvalue weighted by atomic mass is 10.0. The highest BCUT2D eigenvalue weighted by Gasteiger charge is 2.21. The quantitative estimate of drug-likeness (QED) is 0.738. The first-order chi connectivity index (χ1) is 6.75. The van der Waals surface area contributed by atoms with Crippen molar-refractivity contribution in [3.05, 3.63) is 29.8 Å². The summed E-state index contributed by atoms with van der Waals surface area (Å²) in [6, 6.07) is 6.80. The van der Waals surface area contributed by atoms with Crippen LogP contribution in [0.5, 0.6) is 5.75 Å². The molecule has 1 aliphatic heterocycles. The van der Waals surface area contributed by atoms with E-state index in [4.69, 9.17) is 9.84 Å². The summed E-state index contributed by atoms with van der Waals surface area (Å²) >= 11 is 0. The largest absolute Gasteiger partial charge is 0.508 e. The Morgan fingerprint density at radius 1 is 1.29 bits per heavy atom. The van der Waals surface area contributed by atoms with E-state index < -0.39 is 0 Å². The smallest absolute Gasteiger partial charge is 0.138 e. The Kier molecular flexibility index (Phi) is 2.50. The number of Topliss-reactive ketones (excluding diaryl/α,β-unsaturated/α-hetero) is 1. The summed E-state index contributed by atoms with van der Waals surface area (Å²) in [5, 5.41) is 9.10. The summed E-state index contributed by atoms with van der Waals surface area (Å²) in [6.07, 6.45) is 0.844. The molecule has 0 saturated carbocycles. The van der Waals surface area contributed by atoms with Crippen molar-refractivity contribution >= 4 is 5.78 Å². The van der Waals surface area contributed by atoms with Crippen molar-refractivity contribution in [1.82, 2.24) is 0 Å². The Morgan fingerprint density at radius 3 is 2.64 bits per heavy atom. The minimum Gasteiger partial charge on any atom is -0.508 e. The van der Waals surface area contributed by atoms with E-state index in [-0.39, 0.29) is 17.6 Å². The number of ether oxygens (including phenoxy) is 1. The van der Waals surface area contributed by atoms with Gasteiger partial charge in [-0.25, -0.2) is 0 Å². The maximum Gasteiger partial charge on any atom is 0.138 e. The van der Waals surface area contributed by atoms with E-state index in [0.717, 1.165) is 5.56 Å². The Balaban J connectivity index is 2.14. The van der Waals surface area contributed by atoms with Crippen LogP contribution < -0.4 is 0 Å². The Labute approximate surface area is 82.3 Å². The minimum absolute atomic E-state index is 0.128. The first-order valence-corrected chi connectivity index (χ1v) is 4.68. The van der Waals surface area contributed by atoms with Gasteiger partial charge < -0.3 is 9.84 Å². The predicted octanol–water partition coefficient (Wildman–Crippen LogP) is 1.81. The van der Waals surface area contributed by atoms with Crippen molar-refractivity contribution in [1.29, 1.82) is 0 Å². The van der Waals surface area contributed by atoms with Gasteiger partial charge in [0.25, 0.3) is 0 Å². The molecule has 1 fully saturated rings. The van der Waals surface area contributed by atoms with Crippen LogP contribution in [0.25, 0.3) is 0 Å². The zero-order valence-corrected chi connectivity index (χ0v) is 7.77. The van der Waals surface area contributed by atoms with Crippen LogP contribution in [0.3, 0.4) is 0 Å². The third kappa shape index (κ3) is 1.93. The van der Waals surface area contributed by atoms with Crippen LogP contribution in [0.2, 0.25) is 0 Å². The van der Waals surface area contributed by atoms with Crippen LogP contribution >= 0.6 is 0 Å². The molecule has 0 aliphatic carbocycles. The van der Waals surface area contributed by atoms with Gasteiger partial charge in [-0.05, 0) is 17.7 Å². The molecule has 1 atom stereocenters. The molecule has 2 rings (SSSR count). The van der Waals surface area contributed by atoms with Crippen molar-refractivity contribution in [3.8, 4) is 5.75 Å². The molecule has 0 radical (unpaired) electrons. The van der Waals surface area contributed by atoms with Gasteiger partial charge in [0.05, 0.1) is 12.7 Å². The standard InChI is InChI=1S/C11H12O3/c12-9-3-1-8(2-4-9)11-7-10(13)5-6-14-11/h1-4,11-12H,5-7H2. The van der Waals surface area contributed by atoms with Crippen LogP contribution in [-0.4, -0.2) is 17.5 Å². The fourth-order valence-corrected chi connectivity index (χ4v) is 1.59. The number of phenolic OH excluding ortho intramolecular Hbond substituents is 1. The molecule has 1 aromatic carbocycles. The second-order valence-corrected chi connectivity index (χ2v) is 3.44. The maximum atomic E-state index is 11.2. The second-order valence-electron chi connectivity index (χ2n) is 3.44. The van der Waals surface area contributed by atoms with Crippen molar-refractivity contribution in [2.45, 2.75) is 18.9 Å². The molecule has 0 spiro atoms. The Morgan fingerprint density at radius 2 is 2.00 bits per heavy atom. The summed E-state index contributed by atoms with van der Waals surface area (Å²) in [6.45, 7) is 0.504. The molecule has 14 heavy (non-hydrogen) atoms. The minimum atomic E-state index is -0.128. The number of carbonyl (C=O) groups is 1. The molecule has 1 N–H and O–H groups in total. The van der Waals surface area contributed by atoms with Gasteiger partial charge in [-0.1, -0.05) is 12.1 Å². The monoisotopic (exact) mass is 192 g/mol. The van der Waals surface area contributed by atoms with Gasteiger partial charge in [0, 0.05) is 12.8 Å².